The van der Waals surface area contributed by atoms with Crippen LogP contribution in [0.4, 0.5) is 17.1 Å². The zero-order valence-corrected chi connectivity index (χ0v) is 17.4. The minimum atomic E-state index is -0.654. The zero-order valence-electron chi connectivity index (χ0n) is 16.6. The summed E-state index contributed by atoms with van der Waals surface area (Å²) in [4.78, 5) is 48.5. The van der Waals surface area contributed by atoms with Gasteiger partial charge in [0, 0.05) is 61.7 Å². The molecule has 0 atom stereocenters. The molecule has 13 heteroatoms. The minimum Gasteiger partial charge on any atom is -0.368 e. The molecule has 3 rings (SSSR count). The Hall–Kier alpha value is -4.13. The van der Waals surface area contributed by atoms with Gasteiger partial charge >= 0.3 is 0 Å². The van der Waals surface area contributed by atoms with Crippen LogP contribution >= 0.6 is 12.2 Å². The van der Waals surface area contributed by atoms with Crippen molar-refractivity contribution in [1.82, 2.24) is 15.8 Å². The summed E-state index contributed by atoms with van der Waals surface area (Å²) in [7, 11) is 0. The molecule has 1 saturated heterocycles. The van der Waals surface area contributed by atoms with Gasteiger partial charge in [-0.3, -0.25) is 40.7 Å². The number of amides is 2. The molecule has 2 aromatic rings. The van der Waals surface area contributed by atoms with Crippen molar-refractivity contribution in [2.75, 3.05) is 31.1 Å². The van der Waals surface area contributed by atoms with Gasteiger partial charge < -0.3 is 9.80 Å². The van der Waals surface area contributed by atoms with Crippen molar-refractivity contribution in [2.45, 2.75) is 0 Å². The van der Waals surface area contributed by atoms with E-state index in [0.717, 1.165) is 5.69 Å². The third-order valence-corrected chi connectivity index (χ3v) is 5.26. The summed E-state index contributed by atoms with van der Waals surface area (Å²) in [6, 6.07) is 11.1. The van der Waals surface area contributed by atoms with E-state index in [4.69, 9.17) is 12.2 Å². The molecular formula is C19H18N6O6S. The molecule has 1 aliphatic heterocycles. The lowest BCUT2D eigenvalue weighted by Gasteiger charge is -2.36. The van der Waals surface area contributed by atoms with Crippen LogP contribution in [0.2, 0.25) is 0 Å². The predicted molar refractivity (Wildman–Crippen MR) is 118 cm³/mol. The second kappa shape index (κ2) is 9.78. The average molecular weight is 458 g/mol. The highest BCUT2D eigenvalue weighted by molar-refractivity contribution is 7.82. The Kier molecular flexibility index (Phi) is 6.90. The smallest absolute Gasteiger partial charge is 0.297 e. The summed E-state index contributed by atoms with van der Waals surface area (Å²) in [5.41, 5.74) is 5.30. The number of non-ortho nitro benzene ring substituents is 2. The molecule has 1 fully saturated rings. The molecule has 1 heterocycles. The number of hydrazine groups is 1. The van der Waals surface area contributed by atoms with Crippen LogP contribution in [0.25, 0.3) is 0 Å². The lowest BCUT2D eigenvalue weighted by Crippen LogP contribution is -2.54. The molecule has 2 N–H and O–H groups in total. The number of nitro benzene ring substituents is 2. The molecule has 166 valence electrons. The number of anilines is 1. The van der Waals surface area contributed by atoms with Crippen LogP contribution in [-0.2, 0) is 4.79 Å². The second-order valence-electron chi connectivity index (χ2n) is 6.76. The number of carbonyl (C=O) groups is 2. The Morgan fingerprint density at radius 1 is 0.812 bits per heavy atom. The maximum absolute atomic E-state index is 12.3. The van der Waals surface area contributed by atoms with Gasteiger partial charge in [0.1, 0.15) is 0 Å². The maximum atomic E-state index is 12.3. The molecule has 12 nitrogen and oxygen atoms in total. The Morgan fingerprint density at radius 2 is 1.31 bits per heavy atom. The normalized spacial score (nSPS) is 13.2. The van der Waals surface area contributed by atoms with Crippen molar-refractivity contribution >= 4 is 46.1 Å². The van der Waals surface area contributed by atoms with Gasteiger partial charge in [-0.1, -0.05) is 12.2 Å². The largest absolute Gasteiger partial charge is 0.368 e. The van der Waals surface area contributed by atoms with E-state index in [9.17, 15) is 29.8 Å². The van der Waals surface area contributed by atoms with Crippen LogP contribution < -0.4 is 15.8 Å². The summed E-state index contributed by atoms with van der Waals surface area (Å²) in [6.07, 6.45) is 0. The number of rotatable bonds is 4. The van der Waals surface area contributed by atoms with E-state index in [-0.39, 0.29) is 21.9 Å². The Balaban J connectivity index is 1.48. The van der Waals surface area contributed by atoms with Gasteiger partial charge in [-0.2, -0.15) is 0 Å². The van der Waals surface area contributed by atoms with E-state index in [1.807, 2.05) is 4.90 Å². The lowest BCUT2D eigenvalue weighted by molar-refractivity contribution is -0.385. The molecule has 2 aromatic carbocycles. The quantitative estimate of drug-likeness (QED) is 0.394. The van der Waals surface area contributed by atoms with Gasteiger partial charge in [-0.05, 0) is 24.3 Å². The van der Waals surface area contributed by atoms with Crippen LogP contribution in [0.3, 0.4) is 0 Å². The summed E-state index contributed by atoms with van der Waals surface area (Å²) in [5.74, 6) is -1.29. The van der Waals surface area contributed by atoms with Crippen molar-refractivity contribution in [3.8, 4) is 0 Å². The average Bonchev–Trinajstić information content (AvgIpc) is 2.82. The topological polar surface area (TPSA) is 151 Å². The standard InChI is InChI=1S/C19H18N6O6S/c26-17(13-1-3-15(4-2-13)24(28)29)20-21-18(27)19(32)23-11-9-22(10-12-23)14-5-7-16(8-6-14)25(30)31/h1-8H,9-12H2,(H,20,26)(H,21,27). The molecule has 2 amide bonds. The maximum Gasteiger partial charge on any atom is 0.297 e. The van der Waals surface area contributed by atoms with Crippen LogP contribution in [-0.4, -0.2) is 57.7 Å². The number of nitrogens with one attached hydrogen (secondary N) is 2. The molecule has 0 aromatic heterocycles. The molecule has 0 bridgehead atoms. The fraction of sp³-hybridized carbons (Fsp3) is 0.211. The van der Waals surface area contributed by atoms with Crippen LogP contribution in [0, 0.1) is 20.2 Å². The molecule has 1 aliphatic rings. The van der Waals surface area contributed by atoms with Gasteiger partial charge in [0.15, 0.2) is 4.99 Å². The first kappa shape index (κ1) is 22.6. The second-order valence-corrected chi connectivity index (χ2v) is 7.15. The number of benzene rings is 2. The van der Waals surface area contributed by atoms with E-state index in [1.54, 1.807) is 17.0 Å². The van der Waals surface area contributed by atoms with Crippen molar-refractivity contribution < 1.29 is 19.4 Å². The number of piperazine rings is 1. The number of carbonyl (C=O) groups excluding carboxylic acids is 2. The molecule has 0 aliphatic carbocycles. The fourth-order valence-corrected chi connectivity index (χ4v) is 3.30. The molecular weight excluding hydrogens is 440 g/mol. The van der Waals surface area contributed by atoms with Crippen molar-refractivity contribution in [2.24, 2.45) is 0 Å². The van der Waals surface area contributed by atoms with E-state index < -0.39 is 21.7 Å². The van der Waals surface area contributed by atoms with Gasteiger partial charge in [-0.15, -0.1) is 0 Å². The molecule has 0 spiro atoms. The number of nitrogens with zero attached hydrogens (tertiary/aromatic N) is 4. The summed E-state index contributed by atoms with van der Waals surface area (Å²) in [6.45, 7) is 2.03. The molecule has 0 radical (unpaired) electrons. The van der Waals surface area contributed by atoms with Crippen molar-refractivity contribution in [3.63, 3.8) is 0 Å². The summed E-state index contributed by atoms with van der Waals surface area (Å²) in [5, 5.41) is 21.4. The van der Waals surface area contributed by atoms with E-state index in [0.29, 0.717) is 26.2 Å². The van der Waals surface area contributed by atoms with Crippen molar-refractivity contribution in [1.29, 1.82) is 0 Å². The zero-order chi connectivity index (χ0) is 23.3. The van der Waals surface area contributed by atoms with Gasteiger partial charge in [-0.25, -0.2) is 0 Å². The van der Waals surface area contributed by atoms with Gasteiger partial charge in [0.25, 0.3) is 23.2 Å². The van der Waals surface area contributed by atoms with Crippen LogP contribution in [0.1, 0.15) is 10.4 Å². The number of nitro groups is 2. The van der Waals surface area contributed by atoms with E-state index >= 15 is 0 Å². The van der Waals surface area contributed by atoms with Gasteiger partial charge in [0.2, 0.25) is 0 Å². The van der Waals surface area contributed by atoms with Crippen LogP contribution in [0.5, 0.6) is 0 Å². The third kappa shape index (κ3) is 5.31. The molecule has 0 unspecified atom stereocenters. The number of hydrogen-bond donors (Lipinski definition) is 2. The Bertz CT molecular complexity index is 1050. The predicted octanol–water partition coefficient (Wildman–Crippen LogP) is 1.41. The highest BCUT2D eigenvalue weighted by Gasteiger charge is 2.24. The first-order valence-corrected chi connectivity index (χ1v) is 9.80. The Labute approximate surface area is 187 Å². The van der Waals surface area contributed by atoms with E-state index in [2.05, 4.69) is 10.9 Å². The van der Waals surface area contributed by atoms with Crippen molar-refractivity contribution in [3.05, 3.63) is 74.3 Å². The highest BCUT2D eigenvalue weighted by Crippen LogP contribution is 2.20. The molecule has 32 heavy (non-hydrogen) atoms. The summed E-state index contributed by atoms with van der Waals surface area (Å²) >= 11 is 5.21. The fourth-order valence-electron chi connectivity index (χ4n) is 3.07. The lowest BCUT2D eigenvalue weighted by atomic mass is 10.2. The minimum absolute atomic E-state index is 0.0114. The van der Waals surface area contributed by atoms with Gasteiger partial charge in [0.05, 0.1) is 9.85 Å². The third-order valence-electron chi connectivity index (χ3n) is 4.82. The SMILES string of the molecule is O=C(NNC(=O)c1ccc([N+](=O)[O-])cc1)C(=S)N1CCN(c2ccc([N+](=O)[O-])cc2)CC1. The first-order valence-electron chi connectivity index (χ1n) is 9.39. The monoisotopic (exact) mass is 458 g/mol. The number of thiocarbonyl (C=S) groups is 1. The Morgan fingerprint density at radius 3 is 1.81 bits per heavy atom. The highest BCUT2D eigenvalue weighted by atomic mass is 32.1. The number of hydrogen-bond acceptors (Lipinski definition) is 8. The van der Waals surface area contributed by atoms with E-state index in [1.165, 1.54) is 36.4 Å². The summed E-state index contributed by atoms with van der Waals surface area (Å²) < 4.78 is 0. The molecule has 0 saturated carbocycles. The van der Waals surface area contributed by atoms with Crippen LogP contribution in [0.15, 0.2) is 48.5 Å². The first-order chi connectivity index (χ1) is 15.3.